The molecule has 0 unspecified atom stereocenters. The van der Waals surface area contributed by atoms with Crippen LogP contribution in [0.25, 0.3) is 0 Å². The molecule has 0 spiro atoms. The smallest absolute Gasteiger partial charge is 0.0314 e. The van der Waals surface area contributed by atoms with Gasteiger partial charge in [-0.2, -0.15) is 0 Å². The van der Waals surface area contributed by atoms with Crippen LogP contribution in [0.4, 0.5) is 5.69 Å². The van der Waals surface area contributed by atoms with Gasteiger partial charge in [-0.1, -0.05) is 109 Å². The van der Waals surface area contributed by atoms with Gasteiger partial charge in [0.05, 0.1) is 0 Å². The molecular weight excluding hydrogens is 386 g/mol. The molecule has 0 aromatic heterocycles. The first-order chi connectivity index (χ1) is 15.8. The highest BCUT2D eigenvalue weighted by molar-refractivity contribution is 5.40. The average molecular weight is 440 g/mol. The van der Waals surface area contributed by atoms with Crippen molar-refractivity contribution < 1.29 is 0 Å². The first kappa shape index (κ1) is 25.6. The van der Waals surface area contributed by atoms with E-state index in [2.05, 4.69) is 31.2 Å². The van der Waals surface area contributed by atoms with Crippen LogP contribution in [-0.4, -0.2) is 0 Å². The highest BCUT2D eigenvalue weighted by atomic mass is 14.5. The van der Waals surface area contributed by atoms with Crippen molar-refractivity contribution >= 4 is 5.69 Å². The van der Waals surface area contributed by atoms with E-state index in [0.29, 0.717) is 0 Å². The molecule has 0 aliphatic heterocycles. The first-order valence-corrected chi connectivity index (χ1v) is 14.6. The molecule has 0 bridgehead atoms. The summed E-state index contributed by atoms with van der Waals surface area (Å²) < 4.78 is 0. The van der Waals surface area contributed by atoms with Crippen LogP contribution in [-0.2, 0) is 0 Å². The minimum absolute atomic E-state index is 0.782. The van der Waals surface area contributed by atoms with Gasteiger partial charge in [-0.05, 0) is 79.9 Å². The average Bonchev–Trinajstić information content (AvgIpc) is 2.84. The fourth-order valence-corrected chi connectivity index (χ4v) is 6.74. The highest BCUT2D eigenvalue weighted by Gasteiger charge is 2.31. The van der Waals surface area contributed by atoms with E-state index in [1.807, 2.05) is 0 Å². The maximum absolute atomic E-state index is 5.87. The number of nitrogens with two attached hydrogens (primary N) is 1. The second kappa shape index (κ2) is 15.0. The van der Waals surface area contributed by atoms with Crippen LogP contribution in [0.3, 0.4) is 0 Å². The van der Waals surface area contributed by atoms with Gasteiger partial charge in [-0.15, -0.1) is 0 Å². The summed E-state index contributed by atoms with van der Waals surface area (Å²) in [5.74, 6) is 3.89. The van der Waals surface area contributed by atoms with Crippen molar-refractivity contribution in [1.29, 1.82) is 0 Å². The zero-order valence-electron chi connectivity index (χ0n) is 21.3. The van der Waals surface area contributed by atoms with Crippen molar-refractivity contribution in [3.05, 3.63) is 29.8 Å². The Hall–Kier alpha value is -0.980. The zero-order valence-corrected chi connectivity index (χ0v) is 21.3. The lowest BCUT2D eigenvalue weighted by Gasteiger charge is -2.38. The van der Waals surface area contributed by atoms with Crippen LogP contribution in [0.5, 0.6) is 0 Å². The first-order valence-electron chi connectivity index (χ1n) is 14.6. The van der Waals surface area contributed by atoms with E-state index in [1.54, 1.807) is 0 Å². The third-order valence-corrected chi connectivity index (χ3v) is 8.95. The van der Waals surface area contributed by atoms with Crippen molar-refractivity contribution in [1.82, 2.24) is 0 Å². The SMILES string of the molecule is CCCCCCCCCCCCCC1CCC([C@H]2CC[C@H](c3ccc(N)cc3)CC2)CC1. The van der Waals surface area contributed by atoms with Crippen molar-refractivity contribution in [3.8, 4) is 0 Å². The minimum Gasteiger partial charge on any atom is -0.399 e. The monoisotopic (exact) mass is 439 g/mol. The molecule has 2 N–H and O–H groups in total. The number of unbranched alkanes of at least 4 members (excludes halogenated alkanes) is 10. The predicted molar refractivity (Wildman–Crippen MR) is 142 cm³/mol. The van der Waals surface area contributed by atoms with Crippen molar-refractivity contribution in [3.63, 3.8) is 0 Å². The second-order valence-electron chi connectivity index (χ2n) is 11.4. The number of hydrogen-bond donors (Lipinski definition) is 1. The predicted octanol–water partition coefficient (Wildman–Crippen LogP) is 10.1. The summed E-state index contributed by atoms with van der Waals surface area (Å²) in [5.41, 5.74) is 8.28. The van der Waals surface area contributed by atoms with Crippen LogP contribution in [0.15, 0.2) is 24.3 Å². The number of hydrogen-bond acceptors (Lipinski definition) is 1. The standard InChI is InChI=1S/C31H53N/c1-2-3-4-5-6-7-8-9-10-11-12-13-26-14-16-27(17-15-26)28-18-20-29(21-19-28)30-22-24-31(32)25-23-30/h22-29H,2-21,32H2,1H3/t26?,27?,28-,29-. The summed E-state index contributed by atoms with van der Waals surface area (Å²) in [7, 11) is 0. The Bertz CT molecular complexity index is 575. The Morgan fingerprint density at radius 2 is 1.06 bits per heavy atom. The third kappa shape index (κ3) is 9.11. The van der Waals surface area contributed by atoms with Gasteiger partial charge in [0.25, 0.3) is 0 Å². The molecule has 2 aliphatic rings. The molecule has 2 saturated carbocycles. The largest absolute Gasteiger partial charge is 0.399 e. The van der Waals surface area contributed by atoms with Gasteiger partial charge in [0, 0.05) is 5.69 Å². The summed E-state index contributed by atoms with van der Waals surface area (Å²) in [6.45, 7) is 2.31. The third-order valence-electron chi connectivity index (χ3n) is 8.95. The minimum atomic E-state index is 0.782. The second-order valence-corrected chi connectivity index (χ2v) is 11.4. The molecule has 2 aliphatic carbocycles. The van der Waals surface area contributed by atoms with Crippen LogP contribution in [0, 0.1) is 17.8 Å². The fourth-order valence-electron chi connectivity index (χ4n) is 6.74. The Kier molecular flexibility index (Phi) is 12.0. The molecular formula is C31H53N. The number of benzene rings is 1. The number of rotatable bonds is 14. The molecule has 32 heavy (non-hydrogen) atoms. The Labute approximate surface area is 200 Å². The molecule has 1 aromatic rings. The lowest BCUT2D eigenvalue weighted by molar-refractivity contribution is 0.155. The van der Waals surface area contributed by atoms with Crippen LogP contribution >= 0.6 is 0 Å². The van der Waals surface area contributed by atoms with E-state index in [-0.39, 0.29) is 0 Å². The molecule has 1 heteroatoms. The topological polar surface area (TPSA) is 26.0 Å². The van der Waals surface area contributed by atoms with Gasteiger partial charge >= 0.3 is 0 Å². The van der Waals surface area contributed by atoms with Gasteiger partial charge in [0.15, 0.2) is 0 Å². The molecule has 3 rings (SSSR count). The summed E-state index contributed by atoms with van der Waals surface area (Å²) in [6, 6.07) is 8.69. The summed E-state index contributed by atoms with van der Waals surface area (Å²) in [6.07, 6.45) is 29.5. The van der Waals surface area contributed by atoms with E-state index >= 15 is 0 Å². The summed E-state index contributed by atoms with van der Waals surface area (Å²) in [5, 5.41) is 0. The molecule has 1 nitrogen and oxygen atoms in total. The molecule has 2 fully saturated rings. The number of nitrogen functional groups attached to an aromatic ring is 1. The van der Waals surface area contributed by atoms with Gasteiger partial charge in [0.2, 0.25) is 0 Å². The Balaban J connectivity index is 1.18. The lowest BCUT2D eigenvalue weighted by atomic mass is 9.68. The van der Waals surface area contributed by atoms with Gasteiger partial charge in [-0.25, -0.2) is 0 Å². The zero-order chi connectivity index (χ0) is 22.4. The van der Waals surface area contributed by atoms with Gasteiger partial charge in [0.1, 0.15) is 0 Å². The molecule has 0 amide bonds. The van der Waals surface area contributed by atoms with Crippen molar-refractivity contribution in [2.24, 2.45) is 17.8 Å². The quantitative estimate of drug-likeness (QED) is 0.226. The molecule has 182 valence electrons. The van der Waals surface area contributed by atoms with E-state index in [1.165, 1.54) is 134 Å². The lowest BCUT2D eigenvalue weighted by Crippen LogP contribution is -2.25. The molecule has 0 saturated heterocycles. The fraction of sp³-hybridized carbons (Fsp3) is 0.806. The van der Waals surface area contributed by atoms with Gasteiger partial charge < -0.3 is 5.73 Å². The highest BCUT2D eigenvalue weighted by Crippen LogP contribution is 2.44. The molecule has 1 aromatic carbocycles. The molecule has 0 radical (unpaired) electrons. The van der Waals surface area contributed by atoms with Crippen LogP contribution < -0.4 is 5.73 Å². The maximum atomic E-state index is 5.87. The maximum Gasteiger partial charge on any atom is 0.0314 e. The Morgan fingerprint density at radius 3 is 1.59 bits per heavy atom. The molecule has 0 heterocycles. The van der Waals surface area contributed by atoms with E-state index in [0.717, 1.165) is 29.4 Å². The van der Waals surface area contributed by atoms with E-state index in [9.17, 15) is 0 Å². The van der Waals surface area contributed by atoms with Gasteiger partial charge in [-0.3, -0.25) is 0 Å². The van der Waals surface area contributed by atoms with Crippen LogP contribution in [0.2, 0.25) is 0 Å². The van der Waals surface area contributed by atoms with Crippen molar-refractivity contribution in [2.45, 2.75) is 141 Å². The van der Waals surface area contributed by atoms with Crippen LogP contribution in [0.1, 0.15) is 147 Å². The Morgan fingerprint density at radius 1 is 0.594 bits per heavy atom. The molecule has 0 atom stereocenters. The normalized spacial score (nSPS) is 26.3. The summed E-state index contributed by atoms with van der Waals surface area (Å²) >= 11 is 0. The number of anilines is 1. The van der Waals surface area contributed by atoms with E-state index < -0.39 is 0 Å². The summed E-state index contributed by atoms with van der Waals surface area (Å²) in [4.78, 5) is 0. The van der Waals surface area contributed by atoms with E-state index in [4.69, 9.17) is 5.73 Å². The van der Waals surface area contributed by atoms with Crippen molar-refractivity contribution in [2.75, 3.05) is 5.73 Å².